The van der Waals surface area contributed by atoms with Crippen LogP contribution in [0.5, 0.6) is 5.75 Å². The maximum atomic E-state index is 12.5. The predicted octanol–water partition coefficient (Wildman–Crippen LogP) is 5.25. The number of hydrogen-bond acceptors (Lipinski definition) is 3. The summed E-state index contributed by atoms with van der Waals surface area (Å²) in [4.78, 5) is 13.3. The lowest BCUT2D eigenvalue weighted by molar-refractivity contribution is 0.0914. The zero-order chi connectivity index (χ0) is 17.8. The van der Waals surface area contributed by atoms with E-state index in [1.54, 1.807) is 0 Å². The van der Waals surface area contributed by atoms with Crippen LogP contribution < -0.4 is 10.1 Å². The molecule has 1 aliphatic rings. The van der Waals surface area contributed by atoms with Crippen molar-refractivity contribution in [3.63, 3.8) is 0 Å². The molecule has 1 N–H and O–H groups in total. The number of carbonyl (C=O) groups is 1. The maximum absolute atomic E-state index is 12.5. The monoisotopic (exact) mass is 357 g/mol. The topological polar surface area (TPSA) is 38.3 Å². The van der Waals surface area contributed by atoms with E-state index in [2.05, 4.69) is 38.2 Å². The van der Waals surface area contributed by atoms with Gasteiger partial charge >= 0.3 is 0 Å². The molecular weight excluding hydrogens is 330 g/mol. The number of thiophene rings is 1. The average molecular weight is 358 g/mol. The van der Waals surface area contributed by atoms with E-state index in [4.69, 9.17) is 4.74 Å². The fourth-order valence-corrected chi connectivity index (χ4v) is 4.26. The molecule has 1 aromatic carbocycles. The van der Waals surface area contributed by atoms with Gasteiger partial charge in [-0.3, -0.25) is 4.79 Å². The molecule has 1 aliphatic carbocycles. The molecule has 4 heteroatoms. The SMILES string of the molecule is Cc1ccc(OCc2csc(C(=O)NC3CCCCC3C)c2)c(C)c1. The first-order valence-electron chi connectivity index (χ1n) is 9.11. The van der Waals surface area contributed by atoms with Crippen LogP contribution >= 0.6 is 11.3 Å². The Labute approximate surface area is 154 Å². The number of ether oxygens (including phenoxy) is 1. The molecule has 2 aromatic rings. The average Bonchev–Trinajstić information content (AvgIpc) is 3.05. The van der Waals surface area contributed by atoms with Crippen LogP contribution in [0.2, 0.25) is 0 Å². The van der Waals surface area contributed by atoms with Gasteiger partial charge in [0, 0.05) is 11.6 Å². The van der Waals surface area contributed by atoms with Gasteiger partial charge < -0.3 is 10.1 Å². The van der Waals surface area contributed by atoms with Crippen LogP contribution in [-0.4, -0.2) is 11.9 Å². The molecule has 0 spiro atoms. The molecule has 1 heterocycles. The molecule has 2 unspecified atom stereocenters. The van der Waals surface area contributed by atoms with Gasteiger partial charge in [-0.25, -0.2) is 0 Å². The summed E-state index contributed by atoms with van der Waals surface area (Å²) >= 11 is 1.50. The summed E-state index contributed by atoms with van der Waals surface area (Å²) in [5.41, 5.74) is 3.42. The lowest BCUT2D eigenvalue weighted by atomic mass is 9.86. The number of hydrogen-bond donors (Lipinski definition) is 1. The van der Waals surface area contributed by atoms with E-state index in [9.17, 15) is 4.79 Å². The summed E-state index contributed by atoms with van der Waals surface area (Å²) in [7, 11) is 0. The molecule has 0 saturated heterocycles. The van der Waals surface area contributed by atoms with Gasteiger partial charge in [-0.15, -0.1) is 11.3 Å². The van der Waals surface area contributed by atoms with Gasteiger partial charge in [0.1, 0.15) is 12.4 Å². The van der Waals surface area contributed by atoms with Crippen LogP contribution in [0.3, 0.4) is 0 Å². The molecule has 1 fully saturated rings. The zero-order valence-electron chi connectivity index (χ0n) is 15.3. The highest BCUT2D eigenvalue weighted by Crippen LogP contribution is 2.25. The molecule has 1 saturated carbocycles. The molecular formula is C21H27NO2S. The summed E-state index contributed by atoms with van der Waals surface area (Å²) in [6.07, 6.45) is 4.81. The molecule has 1 aromatic heterocycles. The lowest BCUT2D eigenvalue weighted by Gasteiger charge is -2.29. The van der Waals surface area contributed by atoms with Crippen molar-refractivity contribution in [2.75, 3.05) is 0 Å². The smallest absolute Gasteiger partial charge is 0.261 e. The third-order valence-electron chi connectivity index (χ3n) is 5.03. The molecule has 0 bridgehead atoms. The number of rotatable bonds is 5. The van der Waals surface area contributed by atoms with Crippen LogP contribution in [0, 0.1) is 19.8 Å². The molecule has 0 radical (unpaired) electrons. The van der Waals surface area contributed by atoms with Gasteiger partial charge in [0.15, 0.2) is 0 Å². The number of nitrogens with one attached hydrogen (secondary N) is 1. The van der Waals surface area contributed by atoms with Crippen LogP contribution in [0.15, 0.2) is 29.6 Å². The molecule has 134 valence electrons. The first-order chi connectivity index (χ1) is 12.0. The van der Waals surface area contributed by atoms with Crippen molar-refractivity contribution in [2.45, 2.75) is 59.1 Å². The van der Waals surface area contributed by atoms with Gasteiger partial charge in [0.2, 0.25) is 0 Å². The Bertz CT molecular complexity index is 737. The van der Waals surface area contributed by atoms with Crippen LogP contribution in [0.4, 0.5) is 0 Å². The van der Waals surface area contributed by atoms with Crippen molar-refractivity contribution < 1.29 is 9.53 Å². The van der Waals surface area contributed by atoms with E-state index >= 15 is 0 Å². The van der Waals surface area contributed by atoms with Gasteiger partial charge in [-0.2, -0.15) is 0 Å². The first kappa shape index (κ1) is 18.0. The largest absolute Gasteiger partial charge is 0.489 e. The van der Waals surface area contributed by atoms with E-state index < -0.39 is 0 Å². The maximum Gasteiger partial charge on any atom is 0.261 e. The van der Waals surface area contributed by atoms with E-state index in [-0.39, 0.29) is 5.91 Å². The molecule has 1 amide bonds. The fraction of sp³-hybridized carbons (Fsp3) is 0.476. The van der Waals surface area contributed by atoms with Gasteiger partial charge in [0.25, 0.3) is 5.91 Å². The Morgan fingerprint density at radius 3 is 2.80 bits per heavy atom. The summed E-state index contributed by atoms with van der Waals surface area (Å²) in [5, 5.41) is 5.23. The number of benzene rings is 1. The van der Waals surface area contributed by atoms with Crippen molar-refractivity contribution >= 4 is 17.2 Å². The number of amides is 1. The summed E-state index contributed by atoms with van der Waals surface area (Å²) in [6.45, 7) is 6.86. The minimum atomic E-state index is 0.0570. The van der Waals surface area contributed by atoms with E-state index in [1.807, 2.05) is 17.5 Å². The van der Waals surface area contributed by atoms with Crippen molar-refractivity contribution in [1.29, 1.82) is 0 Å². The summed E-state index contributed by atoms with van der Waals surface area (Å²) in [6, 6.07) is 8.46. The minimum absolute atomic E-state index is 0.0570. The Morgan fingerprint density at radius 1 is 1.24 bits per heavy atom. The Kier molecular flexibility index (Phi) is 5.79. The second-order valence-electron chi connectivity index (χ2n) is 7.22. The molecule has 2 atom stereocenters. The quantitative estimate of drug-likeness (QED) is 0.793. The van der Waals surface area contributed by atoms with E-state index in [0.29, 0.717) is 18.6 Å². The van der Waals surface area contributed by atoms with Gasteiger partial charge in [0.05, 0.1) is 4.88 Å². The van der Waals surface area contributed by atoms with Crippen LogP contribution in [-0.2, 0) is 6.61 Å². The van der Waals surface area contributed by atoms with Crippen molar-refractivity contribution in [2.24, 2.45) is 5.92 Å². The lowest BCUT2D eigenvalue weighted by Crippen LogP contribution is -2.40. The zero-order valence-corrected chi connectivity index (χ0v) is 16.1. The van der Waals surface area contributed by atoms with Crippen molar-refractivity contribution in [3.05, 3.63) is 51.2 Å². The van der Waals surface area contributed by atoms with Crippen LogP contribution in [0.1, 0.15) is 59.0 Å². The van der Waals surface area contributed by atoms with Gasteiger partial charge in [-0.1, -0.05) is 37.5 Å². The second-order valence-corrected chi connectivity index (χ2v) is 8.13. The van der Waals surface area contributed by atoms with Crippen molar-refractivity contribution in [1.82, 2.24) is 5.32 Å². The standard InChI is InChI=1S/C21H27NO2S/c1-14-8-9-19(16(3)10-14)24-12-17-11-20(25-13-17)21(23)22-18-7-5-4-6-15(18)2/h8-11,13,15,18H,4-7,12H2,1-3H3,(H,22,23). The normalized spacial score (nSPS) is 20.3. The Morgan fingerprint density at radius 2 is 2.04 bits per heavy atom. The van der Waals surface area contributed by atoms with E-state index in [1.165, 1.54) is 36.2 Å². The van der Waals surface area contributed by atoms with Crippen LogP contribution in [0.25, 0.3) is 0 Å². The van der Waals surface area contributed by atoms with Gasteiger partial charge in [-0.05, 0) is 55.7 Å². The second kappa shape index (κ2) is 8.05. The third-order valence-corrected chi connectivity index (χ3v) is 6.01. The number of carbonyl (C=O) groups excluding carboxylic acids is 1. The fourth-order valence-electron chi connectivity index (χ4n) is 3.46. The molecule has 3 rings (SSSR count). The minimum Gasteiger partial charge on any atom is -0.489 e. The Hall–Kier alpha value is -1.81. The van der Waals surface area contributed by atoms with Crippen molar-refractivity contribution in [3.8, 4) is 5.75 Å². The third kappa shape index (κ3) is 4.63. The summed E-state index contributed by atoms with van der Waals surface area (Å²) < 4.78 is 5.91. The Balaban J connectivity index is 1.57. The first-order valence-corrected chi connectivity index (χ1v) is 9.99. The molecule has 0 aliphatic heterocycles. The van der Waals surface area contributed by atoms with E-state index in [0.717, 1.165) is 28.2 Å². The highest BCUT2D eigenvalue weighted by Gasteiger charge is 2.23. The molecule has 3 nitrogen and oxygen atoms in total. The summed E-state index contributed by atoms with van der Waals surface area (Å²) in [5.74, 6) is 1.53. The predicted molar refractivity (Wildman–Crippen MR) is 103 cm³/mol. The highest BCUT2D eigenvalue weighted by atomic mass is 32.1. The highest BCUT2D eigenvalue weighted by molar-refractivity contribution is 7.12. The number of aryl methyl sites for hydroxylation is 2. The molecule has 25 heavy (non-hydrogen) atoms.